The molecule has 0 aliphatic heterocycles. The van der Waals surface area contributed by atoms with Crippen molar-refractivity contribution in [3.05, 3.63) is 35.5 Å². The minimum absolute atomic E-state index is 0.0873. The number of anilines is 2. The molecule has 0 saturated heterocycles. The zero-order valence-electron chi connectivity index (χ0n) is 11.9. The van der Waals surface area contributed by atoms with Crippen molar-refractivity contribution < 1.29 is 13.2 Å². The predicted molar refractivity (Wildman–Crippen MR) is 79.9 cm³/mol. The van der Waals surface area contributed by atoms with E-state index in [9.17, 15) is 13.2 Å². The molecule has 2 aromatic rings. The molecule has 1 aromatic carbocycles. The lowest BCUT2D eigenvalue weighted by atomic mass is 10.2. The minimum atomic E-state index is -3.37. The number of nitrogens with two attached hydrogens (primary N) is 1. The van der Waals surface area contributed by atoms with Gasteiger partial charge in [-0.05, 0) is 25.1 Å². The molecule has 1 aromatic heterocycles. The lowest BCUT2D eigenvalue weighted by Crippen LogP contribution is -2.16. The van der Waals surface area contributed by atoms with Crippen molar-refractivity contribution in [1.29, 1.82) is 0 Å². The summed E-state index contributed by atoms with van der Waals surface area (Å²) in [7, 11) is -1.71. The fraction of sp³-hybridized carbons (Fsp3) is 0.231. The van der Waals surface area contributed by atoms with Crippen molar-refractivity contribution in [3.8, 4) is 0 Å². The second kappa shape index (κ2) is 5.21. The van der Waals surface area contributed by atoms with E-state index in [1.165, 1.54) is 28.9 Å². The maximum atomic E-state index is 12.2. The number of hydrogen-bond acceptors (Lipinski definition) is 5. The number of nitrogen functional groups attached to an aromatic ring is 1. The van der Waals surface area contributed by atoms with Crippen LogP contribution in [0.4, 0.5) is 11.5 Å². The Morgan fingerprint density at radius 1 is 1.38 bits per heavy atom. The number of hydrogen-bond donors (Lipinski definition) is 2. The molecular weight excluding hydrogens is 292 g/mol. The molecule has 7 nitrogen and oxygen atoms in total. The number of nitrogens with zero attached hydrogens (tertiary/aromatic N) is 2. The molecule has 0 spiro atoms. The highest BCUT2D eigenvalue weighted by Crippen LogP contribution is 2.22. The highest BCUT2D eigenvalue weighted by molar-refractivity contribution is 7.90. The topological polar surface area (TPSA) is 107 Å². The maximum Gasteiger partial charge on any atom is 0.256 e. The molecule has 3 N–H and O–H groups in total. The first-order chi connectivity index (χ1) is 9.70. The van der Waals surface area contributed by atoms with E-state index >= 15 is 0 Å². The summed E-state index contributed by atoms with van der Waals surface area (Å²) in [5.74, 6) is -0.0718. The lowest BCUT2D eigenvalue weighted by molar-refractivity contribution is 0.102. The molecule has 0 aliphatic carbocycles. The monoisotopic (exact) mass is 308 g/mol. The zero-order chi connectivity index (χ0) is 15.8. The number of carbonyl (C=O) groups is 1. The van der Waals surface area contributed by atoms with Crippen LogP contribution in [-0.4, -0.2) is 30.4 Å². The van der Waals surface area contributed by atoms with Gasteiger partial charge in [0.1, 0.15) is 0 Å². The van der Waals surface area contributed by atoms with Crippen molar-refractivity contribution in [2.45, 2.75) is 11.8 Å². The van der Waals surface area contributed by atoms with Gasteiger partial charge in [0.2, 0.25) is 0 Å². The summed E-state index contributed by atoms with van der Waals surface area (Å²) in [6.45, 7) is 1.73. The van der Waals surface area contributed by atoms with Gasteiger partial charge in [0.15, 0.2) is 15.7 Å². The van der Waals surface area contributed by atoms with Crippen LogP contribution in [0.1, 0.15) is 16.1 Å². The van der Waals surface area contributed by atoms with Crippen LogP contribution in [0.25, 0.3) is 0 Å². The number of sulfone groups is 1. The Kier molecular flexibility index (Phi) is 3.73. The third-order valence-corrected chi connectivity index (χ3v) is 4.14. The van der Waals surface area contributed by atoms with E-state index in [1.54, 1.807) is 14.0 Å². The van der Waals surface area contributed by atoms with E-state index in [0.29, 0.717) is 17.2 Å². The molecule has 1 amide bonds. The van der Waals surface area contributed by atoms with Crippen LogP contribution in [0.15, 0.2) is 29.2 Å². The average molecular weight is 308 g/mol. The normalized spacial score (nSPS) is 11.4. The van der Waals surface area contributed by atoms with Gasteiger partial charge in [-0.25, -0.2) is 8.42 Å². The summed E-state index contributed by atoms with van der Waals surface area (Å²) in [5, 5.41) is 6.73. The van der Waals surface area contributed by atoms with Crippen LogP contribution in [0.2, 0.25) is 0 Å². The van der Waals surface area contributed by atoms with E-state index in [-0.39, 0.29) is 10.5 Å². The Morgan fingerprint density at radius 3 is 2.57 bits per heavy atom. The number of carbonyl (C=O) groups excluding carboxylic acids is 1. The molecule has 21 heavy (non-hydrogen) atoms. The molecule has 2 rings (SSSR count). The van der Waals surface area contributed by atoms with Gasteiger partial charge in [0.25, 0.3) is 5.91 Å². The first-order valence-electron chi connectivity index (χ1n) is 6.10. The lowest BCUT2D eigenvalue weighted by Gasteiger charge is -2.07. The first kappa shape index (κ1) is 15.0. The molecule has 0 unspecified atom stereocenters. The fourth-order valence-electron chi connectivity index (χ4n) is 1.87. The number of amides is 1. The highest BCUT2D eigenvalue weighted by atomic mass is 32.2. The summed E-state index contributed by atoms with van der Waals surface area (Å²) in [4.78, 5) is 12.3. The molecule has 112 valence electrons. The summed E-state index contributed by atoms with van der Waals surface area (Å²) in [6.07, 6.45) is 1.09. The van der Waals surface area contributed by atoms with Crippen molar-refractivity contribution in [3.63, 3.8) is 0 Å². The fourth-order valence-corrected chi connectivity index (χ4v) is 2.54. The second-order valence-corrected chi connectivity index (χ2v) is 6.74. The van der Waals surface area contributed by atoms with Crippen molar-refractivity contribution in [2.24, 2.45) is 7.05 Å². The summed E-state index contributed by atoms with van der Waals surface area (Å²) < 4.78 is 24.5. The van der Waals surface area contributed by atoms with E-state index < -0.39 is 15.7 Å². The van der Waals surface area contributed by atoms with Gasteiger partial charge in [-0.1, -0.05) is 6.07 Å². The van der Waals surface area contributed by atoms with Gasteiger partial charge in [-0.15, -0.1) is 0 Å². The minimum Gasteiger partial charge on any atom is -0.394 e. The quantitative estimate of drug-likeness (QED) is 0.878. The van der Waals surface area contributed by atoms with Crippen LogP contribution in [0.3, 0.4) is 0 Å². The number of nitrogens with one attached hydrogen (secondary N) is 1. The molecule has 8 heteroatoms. The first-order valence-corrected chi connectivity index (χ1v) is 8.00. The van der Waals surface area contributed by atoms with Crippen LogP contribution in [-0.2, 0) is 16.9 Å². The number of aryl methyl sites for hydroxylation is 2. The van der Waals surface area contributed by atoms with Crippen LogP contribution in [0, 0.1) is 6.92 Å². The predicted octanol–water partition coefficient (Wildman–Crippen LogP) is 0.967. The van der Waals surface area contributed by atoms with Gasteiger partial charge < -0.3 is 11.1 Å². The van der Waals surface area contributed by atoms with Crippen LogP contribution >= 0.6 is 0 Å². The number of aromatic nitrogens is 2. The summed E-state index contributed by atoms with van der Waals surface area (Å²) in [6, 6.07) is 5.81. The second-order valence-electron chi connectivity index (χ2n) is 4.73. The molecule has 0 radical (unpaired) electrons. The SMILES string of the molecule is Cc1nn(C)c(NC(=O)c2cccc(S(C)(=O)=O)c2)c1N. The Balaban J connectivity index is 2.33. The van der Waals surface area contributed by atoms with Gasteiger partial charge in [-0.2, -0.15) is 5.10 Å². The molecule has 0 atom stereocenters. The Labute approximate surface area is 122 Å². The van der Waals surface area contributed by atoms with Crippen molar-refractivity contribution in [1.82, 2.24) is 9.78 Å². The molecule has 0 fully saturated rings. The largest absolute Gasteiger partial charge is 0.394 e. The van der Waals surface area contributed by atoms with E-state index in [2.05, 4.69) is 10.4 Å². The third-order valence-electron chi connectivity index (χ3n) is 3.02. The molecule has 0 bridgehead atoms. The summed E-state index contributed by atoms with van der Waals surface area (Å²) >= 11 is 0. The third kappa shape index (κ3) is 3.05. The smallest absolute Gasteiger partial charge is 0.256 e. The highest BCUT2D eigenvalue weighted by Gasteiger charge is 2.16. The average Bonchev–Trinajstić information content (AvgIpc) is 2.64. The van der Waals surface area contributed by atoms with E-state index in [4.69, 9.17) is 5.73 Å². The Hall–Kier alpha value is -2.35. The zero-order valence-corrected chi connectivity index (χ0v) is 12.7. The van der Waals surface area contributed by atoms with Crippen LogP contribution < -0.4 is 11.1 Å². The molecule has 0 aliphatic rings. The van der Waals surface area contributed by atoms with Gasteiger partial charge in [0.05, 0.1) is 16.3 Å². The Bertz CT molecular complexity index is 809. The van der Waals surface area contributed by atoms with E-state index in [1.807, 2.05) is 0 Å². The molecule has 1 heterocycles. The summed E-state index contributed by atoms with van der Waals surface area (Å²) in [5.41, 5.74) is 7.06. The standard InChI is InChI=1S/C13H16N4O3S/c1-8-11(14)12(17(2)16-8)15-13(18)9-5-4-6-10(7-9)21(3,19)20/h4-7H,14H2,1-3H3,(H,15,18). The number of benzene rings is 1. The Morgan fingerprint density at radius 2 is 2.05 bits per heavy atom. The molecular formula is C13H16N4O3S. The van der Waals surface area contributed by atoms with Gasteiger partial charge in [-0.3, -0.25) is 9.48 Å². The van der Waals surface area contributed by atoms with Crippen LogP contribution in [0.5, 0.6) is 0 Å². The van der Waals surface area contributed by atoms with E-state index in [0.717, 1.165) is 6.26 Å². The maximum absolute atomic E-state index is 12.2. The van der Waals surface area contributed by atoms with Gasteiger partial charge >= 0.3 is 0 Å². The number of rotatable bonds is 3. The van der Waals surface area contributed by atoms with Crippen molar-refractivity contribution >= 4 is 27.2 Å². The van der Waals surface area contributed by atoms with Gasteiger partial charge in [0, 0.05) is 18.9 Å². The molecule has 0 saturated carbocycles. The van der Waals surface area contributed by atoms with Crippen molar-refractivity contribution in [2.75, 3.05) is 17.3 Å².